The molecule has 2 heterocycles. The highest BCUT2D eigenvalue weighted by atomic mass is 35.5. The summed E-state index contributed by atoms with van der Waals surface area (Å²) in [7, 11) is 0. The highest BCUT2D eigenvalue weighted by Crippen LogP contribution is 2.55. The number of rotatable bonds is 7. The predicted octanol–water partition coefficient (Wildman–Crippen LogP) is 7.64. The minimum Gasteiger partial charge on any atom is -0.347 e. The van der Waals surface area contributed by atoms with Crippen molar-refractivity contribution in [1.82, 2.24) is 20.1 Å². The Balaban J connectivity index is 1.13. The van der Waals surface area contributed by atoms with E-state index in [-0.39, 0.29) is 32.9 Å². The number of anilines is 2. The van der Waals surface area contributed by atoms with Crippen molar-refractivity contribution in [2.24, 2.45) is 17.8 Å². The van der Waals surface area contributed by atoms with Crippen LogP contribution in [0.5, 0.6) is 0 Å². The number of aromatic nitrogens is 3. The van der Waals surface area contributed by atoms with Crippen LogP contribution in [0.1, 0.15) is 55.8 Å². The Morgan fingerprint density at radius 3 is 2.13 bits per heavy atom. The molecule has 4 aliphatic rings. The van der Waals surface area contributed by atoms with E-state index in [2.05, 4.69) is 26.0 Å². The van der Waals surface area contributed by atoms with Gasteiger partial charge in [-0.25, -0.2) is 9.48 Å². The fraction of sp³-hybridized carbons (Fsp3) is 0.343. The topological polar surface area (TPSA) is 118 Å². The van der Waals surface area contributed by atoms with Gasteiger partial charge in [0.25, 0.3) is 11.5 Å². The normalized spacial score (nSPS) is 22.8. The summed E-state index contributed by atoms with van der Waals surface area (Å²) in [6.07, 6.45) is 9.99. The van der Waals surface area contributed by atoms with Crippen molar-refractivity contribution in [3.05, 3.63) is 93.0 Å². The molecule has 46 heavy (non-hydrogen) atoms. The lowest BCUT2D eigenvalue weighted by Crippen LogP contribution is -2.59. The number of nitrogens with zero attached hydrogens (tertiary/aromatic N) is 3. The molecular weight excluding hydrogens is 623 g/mol. The lowest BCUT2D eigenvalue weighted by molar-refractivity contribution is -0.0167. The Kier molecular flexibility index (Phi) is 8.07. The number of hydrogen-bond donors (Lipinski definition) is 3. The number of aryl methyl sites for hydroxylation is 1. The average Bonchev–Trinajstić information content (AvgIpc) is 3.03. The van der Waals surface area contributed by atoms with Crippen LogP contribution < -0.4 is 21.5 Å². The van der Waals surface area contributed by atoms with E-state index < -0.39 is 11.6 Å². The van der Waals surface area contributed by atoms with Crippen LogP contribution in [-0.4, -0.2) is 32.2 Å². The highest BCUT2D eigenvalue weighted by molar-refractivity contribution is 6.39. The second-order valence-corrected chi connectivity index (χ2v) is 13.7. The summed E-state index contributed by atoms with van der Waals surface area (Å²) in [6, 6.07) is 16.3. The van der Waals surface area contributed by atoms with Crippen LogP contribution in [0, 0.1) is 17.8 Å². The first kappa shape index (κ1) is 30.4. The smallest absolute Gasteiger partial charge is 0.323 e. The van der Waals surface area contributed by atoms with Crippen LogP contribution in [0.15, 0.2) is 71.8 Å². The number of hydrogen-bond acceptors (Lipinski definition) is 5. The van der Waals surface area contributed by atoms with Gasteiger partial charge in [0.2, 0.25) is 0 Å². The first-order valence-electron chi connectivity index (χ1n) is 15.7. The number of amides is 3. The second-order valence-electron chi connectivity index (χ2n) is 12.9. The predicted molar refractivity (Wildman–Crippen MR) is 180 cm³/mol. The SMILES string of the molecule is CCn1nc(-c2cccc(-c3cccc(C(=O)NC45CC6CC(CC(C6)C4)C5)c3)c2)cc(NC(=O)Nc2c(Cl)cncc2Cl)c1=O. The van der Waals surface area contributed by atoms with Crippen LogP contribution in [0.25, 0.3) is 22.4 Å². The van der Waals surface area contributed by atoms with Crippen molar-refractivity contribution in [2.75, 3.05) is 10.6 Å². The van der Waals surface area contributed by atoms with Crippen LogP contribution >= 0.6 is 23.2 Å². The number of carbonyl (C=O) groups is 2. The molecule has 4 aliphatic carbocycles. The first-order chi connectivity index (χ1) is 22.2. The Morgan fingerprint density at radius 1 is 0.870 bits per heavy atom. The van der Waals surface area contributed by atoms with Gasteiger partial charge < -0.3 is 16.0 Å². The largest absolute Gasteiger partial charge is 0.347 e. The Hall–Kier alpha value is -4.21. The van der Waals surface area contributed by atoms with Gasteiger partial charge >= 0.3 is 6.03 Å². The molecule has 11 heteroatoms. The molecule has 4 aromatic rings. The van der Waals surface area contributed by atoms with E-state index in [1.807, 2.05) is 48.5 Å². The third kappa shape index (κ3) is 6.01. The van der Waals surface area contributed by atoms with E-state index in [1.54, 1.807) is 6.92 Å². The number of benzene rings is 2. The molecule has 8 rings (SSSR count). The lowest BCUT2D eigenvalue weighted by atomic mass is 9.53. The minimum absolute atomic E-state index is 0.0139. The van der Waals surface area contributed by atoms with E-state index in [4.69, 9.17) is 23.2 Å². The fourth-order valence-electron chi connectivity index (χ4n) is 8.06. The molecule has 0 spiro atoms. The Labute approximate surface area is 276 Å². The van der Waals surface area contributed by atoms with Gasteiger partial charge in [-0.05, 0) is 98.6 Å². The molecule has 236 valence electrons. The number of halogens is 2. The highest BCUT2D eigenvalue weighted by Gasteiger charge is 2.51. The van der Waals surface area contributed by atoms with Gasteiger partial charge in [0.05, 0.1) is 21.4 Å². The van der Waals surface area contributed by atoms with Crippen molar-refractivity contribution >= 4 is 46.5 Å². The summed E-state index contributed by atoms with van der Waals surface area (Å²) >= 11 is 12.3. The van der Waals surface area contributed by atoms with Gasteiger partial charge in [0, 0.05) is 35.6 Å². The third-order valence-electron chi connectivity index (χ3n) is 9.65. The van der Waals surface area contributed by atoms with Gasteiger partial charge in [-0.15, -0.1) is 0 Å². The summed E-state index contributed by atoms with van der Waals surface area (Å²) in [5, 5.41) is 13.5. The van der Waals surface area contributed by atoms with Crippen molar-refractivity contribution < 1.29 is 9.59 Å². The number of pyridine rings is 1. The van der Waals surface area contributed by atoms with E-state index >= 15 is 0 Å². The molecule has 9 nitrogen and oxygen atoms in total. The number of urea groups is 1. The monoisotopic (exact) mass is 656 g/mol. The maximum absolute atomic E-state index is 13.6. The lowest BCUT2D eigenvalue weighted by Gasteiger charge is -2.56. The van der Waals surface area contributed by atoms with Gasteiger partial charge in [-0.2, -0.15) is 5.10 Å². The molecular formula is C35H34Cl2N6O3. The molecule has 2 aromatic heterocycles. The van der Waals surface area contributed by atoms with E-state index in [0.717, 1.165) is 53.7 Å². The third-order valence-corrected chi connectivity index (χ3v) is 10.2. The maximum Gasteiger partial charge on any atom is 0.323 e. The zero-order chi connectivity index (χ0) is 32.0. The molecule has 0 aliphatic heterocycles. The molecule has 3 N–H and O–H groups in total. The zero-order valence-electron chi connectivity index (χ0n) is 25.4. The average molecular weight is 658 g/mol. The molecule has 0 radical (unpaired) electrons. The maximum atomic E-state index is 13.6. The van der Waals surface area contributed by atoms with Crippen LogP contribution in [0.4, 0.5) is 16.2 Å². The molecule has 0 saturated heterocycles. The summed E-state index contributed by atoms with van der Waals surface area (Å²) in [5.41, 5.74) is 3.38. The van der Waals surface area contributed by atoms with Gasteiger partial charge in [-0.1, -0.05) is 53.5 Å². The molecule has 2 aromatic carbocycles. The van der Waals surface area contributed by atoms with Gasteiger partial charge in [0.1, 0.15) is 5.69 Å². The molecule has 4 fully saturated rings. The molecule has 0 atom stereocenters. The molecule has 4 saturated carbocycles. The molecule has 4 bridgehead atoms. The summed E-state index contributed by atoms with van der Waals surface area (Å²) < 4.78 is 1.29. The van der Waals surface area contributed by atoms with Crippen LogP contribution in [-0.2, 0) is 6.54 Å². The van der Waals surface area contributed by atoms with Crippen molar-refractivity contribution in [3.8, 4) is 22.4 Å². The second kappa shape index (κ2) is 12.2. The standard InChI is InChI=1S/C35H34Cl2N6O3/c1-2-43-33(45)30(39-34(46)40-31-27(36)18-38-19-28(31)37)14-29(42-43)25-7-3-5-23(12-25)24-6-4-8-26(13-24)32(44)41-35-15-20-9-21(16-35)11-22(10-20)17-35/h3-8,12-14,18-22H,2,9-11,15-17H2,1H3,(H,41,44)(H2,38,39,40,46). The molecule has 3 amide bonds. The van der Waals surface area contributed by atoms with Gasteiger partial charge in [-0.3, -0.25) is 14.6 Å². The summed E-state index contributed by atoms with van der Waals surface area (Å²) in [5.74, 6) is 2.24. The van der Waals surface area contributed by atoms with Gasteiger partial charge in [0.15, 0.2) is 0 Å². The Bertz CT molecular complexity index is 1850. The minimum atomic E-state index is -0.690. The zero-order valence-corrected chi connectivity index (χ0v) is 26.9. The van der Waals surface area contributed by atoms with Crippen molar-refractivity contribution in [2.45, 2.75) is 57.5 Å². The molecule has 0 unspecified atom stereocenters. The fourth-order valence-corrected chi connectivity index (χ4v) is 8.52. The Morgan fingerprint density at radius 2 is 1.48 bits per heavy atom. The van der Waals surface area contributed by atoms with E-state index in [9.17, 15) is 14.4 Å². The van der Waals surface area contributed by atoms with Crippen molar-refractivity contribution in [3.63, 3.8) is 0 Å². The summed E-state index contributed by atoms with van der Waals surface area (Å²) in [4.78, 5) is 43.4. The quantitative estimate of drug-likeness (QED) is 0.189. The van der Waals surface area contributed by atoms with Crippen LogP contribution in [0.3, 0.4) is 0 Å². The number of carbonyl (C=O) groups excluding carboxylic acids is 2. The van der Waals surface area contributed by atoms with E-state index in [0.29, 0.717) is 17.8 Å². The van der Waals surface area contributed by atoms with E-state index in [1.165, 1.54) is 42.4 Å². The first-order valence-corrected chi connectivity index (χ1v) is 16.5. The van der Waals surface area contributed by atoms with Crippen LogP contribution in [0.2, 0.25) is 10.0 Å². The number of nitrogens with one attached hydrogen (secondary N) is 3. The summed E-state index contributed by atoms with van der Waals surface area (Å²) in [6.45, 7) is 2.10. The van der Waals surface area contributed by atoms with Crippen molar-refractivity contribution in [1.29, 1.82) is 0 Å².